The first-order chi connectivity index (χ1) is 9.97. The number of nitro benzene ring substituents is 1. The highest BCUT2D eigenvalue weighted by Gasteiger charge is 2.18. The molecule has 0 aromatic heterocycles. The predicted octanol–water partition coefficient (Wildman–Crippen LogP) is 2.17. The Morgan fingerprint density at radius 3 is 2.36 bits per heavy atom. The molecule has 1 heterocycles. The number of amides is 1. The number of nitrogens with one attached hydrogen (secondary N) is 2. The summed E-state index contributed by atoms with van der Waals surface area (Å²) < 4.78 is 0. The van der Waals surface area contributed by atoms with Gasteiger partial charge in [-0.1, -0.05) is 23.2 Å². The van der Waals surface area contributed by atoms with Gasteiger partial charge in [-0.25, -0.2) is 0 Å². The van der Waals surface area contributed by atoms with Crippen LogP contribution in [0.1, 0.15) is 0 Å². The molecule has 0 radical (unpaired) electrons. The minimum absolute atomic E-state index is 0. The van der Waals surface area contributed by atoms with Gasteiger partial charge in [-0.3, -0.25) is 19.8 Å². The van der Waals surface area contributed by atoms with Crippen LogP contribution in [0.25, 0.3) is 0 Å². The average Bonchev–Trinajstić information content (AvgIpc) is 2.43. The lowest BCUT2D eigenvalue weighted by Gasteiger charge is -2.26. The number of carbonyl (C=O) groups excluding carboxylic acids is 1. The maximum absolute atomic E-state index is 12.0. The van der Waals surface area contributed by atoms with Crippen LogP contribution in [0.2, 0.25) is 10.0 Å². The first-order valence-corrected chi connectivity index (χ1v) is 7.09. The van der Waals surface area contributed by atoms with Gasteiger partial charge in [0.25, 0.3) is 5.69 Å². The highest BCUT2D eigenvalue weighted by molar-refractivity contribution is 6.40. The number of carbonyl (C=O) groups is 1. The first kappa shape index (κ1) is 18.9. The summed E-state index contributed by atoms with van der Waals surface area (Å²) in [6.07, 6.45) is 0. The Morgan fingerprint density at radius 2 is 1.86 bits per heavy atom. The van der Waals surface area contributed by atoms with Crippen molar-refractivity contribution in [1.29, 1.82) is 0 Å². The van der Waals surface area contributed by atoms with E-state index >= 15 is 0 Å². The molecule has 0 spiro atoms. The van der Waals surface area contributed by atoms with E-state index in [1.54, 1.807) is 0 Å². The number of nitrogens with zero attached hydrogens (tertiary/aromatic N) is 2. The number of hydrogen-bond donors (Lipinski definition) is 2. The third-order valence-corrected chi connectivity index (χ3v) is 3.68. The fraction of sp³-hybridized carbons (Fsp3) is 0.417. The van der Waals surface area contributed by atoms with Crippen LogP contribution in [0, 0.1) is 10.1 Å². The van der Waals surface area contributed by atoms with Gasteiger partial charge in [-0.15, -0.1) is 12.4 Å². The zero-order valence-electron chi connectivity index (χ0n) is 11.5. The van der Waals surface area contributed by atoms with Gasteiger partial charge in [-0.05, 0) is 0 Å². The summed E-state index contributed by atoms with van der Waals surface area (Å²) in [4.78, 5) is 24.1. The van der Waals surface area contributed by atoms with Crippen LogP contribution in [0.5, 0.6) is 0 Å². The Labute approximate surface area is 143 Å². The number of piperazine rings is 1. The van der Waals surface area contributed by atoms with E-state index < -0.39 is 4.92 Å². The summed E-state index contributed by atoms with van der Waals surface area (Å²) in [5.74, 6) is -0.255. The SMILES string of the molecule is Cl.O=C(CN1CCNCC1)Nc1c(Cl)cc([N+](=O)[O-])cc1Cl. The summed E-state index contributed by atoms with van der Waals surface area (Å²) in [5, 5.41) is 16.6. The number of non-ortho nitro benzene ring substituents is 1. The Balaban J connectivity index is 0.00000242. The maximum atomic E-state index is 12.0. The second-order valence-corrected chi connectivity index (χ2v) is 5.43. The van der Waals surface area contributed by atoms with Crippen LogP contribution < -0.4 is 10.6 Å². The monoisotopic (exact) mass is 368 g/mol. The van der Waals surface area contributed by atoms with Crippen molar-refractivity contribution in [2.24, 2.45) is 0 Å². The van der Waals surface area contributed by atoms with Gasteiger partial charge in [0, 0.05) is 38.3 Å². The van der Waals surface area contributed by atoms with Crippen molar-refractivity contribution in [3.05, 3.63) is 32.3 Å². The molecule has 2 N–H and O–H groups in total. The molecule has 22 heavy (non-hydrogen) atoms. The molecule has 7 nitrogen and oxygen atoms in total. The molecule has 1 aromatic carbocycles. The molecule has 0 unspecified atom stereocenters. The zero-order chi connectivity index (χ0) is 15.4. The van der Waals surface area contributed by atoms with Crippen molar-refractivity contribution in [2.45, 2.75) is 0 Å². The molecular weight excluding hydrogens is 355 g/mol. The van der Waals surface area contributed by atoms with E-state index in [4.69, 9.17) is 23.2 Å². The lowest BCUT2D eigenvalue weighted by Crippen LogP contribution is -2.46. The highest BCUT2D eigenvalue weighted by atomic mass is 35.5. The Kier molecular flexibility index (Phi) is 7.31. The molecule has 1 amide bonds. The van der Waals surface area contributed by atoms with Gasteiger partial charge in [-0.2, -0.15) is 0 Å². The van der Waals surface area contributed by atoms with Gasteiger partial charge in [0.2, 0.25) is 5.91 Å². The summed E-state index contributed by atoms with van der Waals surface area (Å²) in [7, 11) is 0. The van der Waals surface area contributed by atoms with E-state index in [0.717, 1.165) is 38.3 Å². The maximum Gasteiger partial charge on any atom is 0.272 e. The minimum Gasteiger partial charge on any atom is -0.322 e. The van der Waals surface area contributed by atoms with Gasteiger partial charge in [0.05, 0.1) is 27.2 Å². The molecular formula is C12H15Cl3N4O3. The zero-order valence-corrected chi connectivity index (χ0v) is 13.8. The predicted molar refractivity (Wildman–Crippen MR) is 88.3 cm³/mol. The summed E-state index contributed by atoms with van der Waals surface area (Å²) >= 11 is 11.9. The second-order valence-electron chi connectivity index (χ2n) is 4.62. The number of halogens is 3. The van der Waals surface area contributed by atoms with Crippen LogP contribution >= 0.6 is 35.6 Å². The molecule has 0 bridgehead atoms. The van der Waals surface area contributed by atoms with Crippen molar-refractivity contribution in [3.63, 3.8) is 0 Å². The summed E-state index contributed by atoms with van der Waals surface area (Å²) in [5.41, 5.74) is -0.0193. The number of nitro groups is 1. The average molecular weight is 370 g/mol. The summed E-state index contributed by atoms with van der Waals surface area (Å²) in [6, 6.07) is 2.32. The quantitative estimate of drug-likeness (QED) is 0.627. The first-order valence-electron chi connectivity index (χ1n) is 6.33. The van der Waals surface area contributed by atoms with E-state index in [9.17, 15) is 14.9 Å². The van der Waals surface area contributed by atoms with Crippen molar-refractivity contribution in [3.8, 4) is 0 Å². The fourth-order valence-electron chi connectivity index (χ4n) is 2.04. The lowest BCUT2D eigenvalue weighted by atomic mass is 10.2. The molecule has 1 aliphatic heterocycles. The van der Waals surface area contributed by atoms with E-state index in [2.05, 4.69) is 10.6 Å². The highest BCUT2D eigenvalue weighted by Crippen LogP contribution is 2.34. The number of rotatable bonds is 4. The largest absolute Gasteiger partial charge is 0.322 e. The van der Waals surface area contributed by atoms with Crippen molar-refractivity contribution in [1.82, 2.24) is 10.2 Å². The van der Waals surface area contributed by atoms with Crippen molar-refractivity contribution < 1.29 is 9.72 Å². The Bertz CT molecular complexity index is 542. The minimum atomic E-state index is -0.593. The van der Waals surface area contributed by atoms with E-state index in [1.165, 1.54) is 0 Å². The molecule has 2 rings (SSSR count). The number of hydrogen-bond acceptors (Lipinski definition) is 5. The van der Waals surface area contributed by atoms with Crippen LogP contribution in [-0.2, 0) is 4.79 Å². The second kappa shape index (κ2) is 8.50. The molecule has 1 aromatic rings. The molecule has 1 fully saturated rings. The third kappa shape index (κ3) is 4.96. The van der Waals surface area contributed by atoms with Crippen LogP contribution in [0.15, 0.2) is 12.1 Å². The molecule has 0 aliphatic carbocycles. The fourth-order valence-corrected chi connectivity index (χ4v) is 2.61. The number of benzene rings is 1. The lowest BCUT2D eigenvalue weighted by molar-refractivity contribution is -0.384. The summed E-state index contributed by atoms with van der Waals surface area (Å²) in [6.45, 7) is 3.48. The van der Waals surface area contributed by atoms with Crippen LogP contribution in [0.4, 0.5) is 11.4 Å². The van der Waals surface area contributed by atoms with Crippen LogP contribution in [0.3, 0.4) is 0 Å². The molecule has 0 saturated carbocycles. The smallest absolute Gasteiger partial charge is 0.272 e. The topological polar surface area (TPSA) is 87.5 Å². The van der Waals surface area contributed by atoms with Gasteiger partial charge >= 0.3 is 0 Å². The molecule has 0 atom stereocenters. The van der Waals surface area contributed by atoms with Crippen LogP contribution in [-0.4, -0.2) is 48.5 Å². The van der Waals surface area contributed by atoms with Crippen molar-refractivity contribution >= 4 is 52.9 Å². The van der Waals surface area contributed by atoms with Gasteiger partial charge in [0.1, 0.15) is 0 Å². The van der Waals surface area contributed by atoms with Gasteiger partial charge in [0.15, 0.2) is 0 Å². The normalized spacial score (nSPS) is 15.0. The third-order valence-electron chi connectivity index (χ3n) is 3.08. The molecule has 10 heteroatoms. The van der Waals surface area contributed by atoms with E-state index in [1.807, 2.05) is 4.90 Å². The molecule has 122 valence electrons. The Hall–Kier alpha value is -1.12. The molecule has 1 aliphatic rings. The Morgan fingerprint density at radius 1 is 1.32 bits per heavy atom. The molecule has 1 saturated heterocycles. The number of anilines is 1. The van der Waals surface area contributed by atoms with E-state index in [-0.39, 0.29) is 46.3 Å². The van der Waals surface area contributed by atoms with E-state index in [0.29, 0.717) is 0 Å². The standard InChI is InChI=1S/C12H14Cl2N4O3.ClH/c13-9-5-8(18(20)21)6-10(14)12(9)16-11(19)7-17-3-1-15-2-4-17;/h5-6,15H,1-4,7H2,(H,16,19);1H. The van der Waals surface area contributed by atoms with Crippen molar-refractivity contribution in [2.75, 3.05) is 38.0 Å². The van der Waals surface area contributed by atoms with Gasteiger partial charge < -0.3 is 10.6 Å².